The first-order chi connectivity index (χ1) is 12.4. The Morgan fingerprint density at radius 2 is 1.96 bits per heavy atom. The van der Waals surface area contributed by atoms with Crippen molar-refractivity contribution in [2.75, 3.05) is 5.32 Å². The van der Waals surface area contributed by atoms with E-state index in [0.29, 0.717) is 12.2 Å². The molecule has 2 aromatic carbocycles. The van der Waals surface area contributed by atoms with Crippen LogP contribution in [0.1, 0.15) is 21.5 Å². The number of hydrogen-bond acceptors (Lipinski definition) is 2. The van der Waals surface area contributed by atoms with Gasteiger partial charge in [-0.05, 0) is 42.8 Å². The van der Waals surface area contributed by atoms with Crippen LogP contribution in [0.25, 0.3) is 0 Å². The number of hydrogen-bond donors (Lipinski definition) is 1. The number of nitrogens with one attached hydrogen (secondary N) is 1. The molecule has 132 valence electrons. The van der Waals surface area contributed by atoms with Gasteiger partial charge in [-0.25, -0.2) is 4.39 Å². The molecule has 0 spiro atoms. The van der Waals surface area contributed by atoms with Crippen molar-refractivity contribution in [2.45, 2.75) is 13.5 Å². The van der Waals surface area contributed by atoms with Crippen LogP contribution in [0.5, 0.6) is 0 Å². The first kappa shape index (κ1) is 17.9. The van der Waals surface area contributed by atoms with E-state index >= 15 is 0 Å². The summed E-state index contributed by atoms with van der Waals surface area (Å²) in [7, 11) is 0. The molecule has 0 aliphatic carbocycles. The minimum Gasteiger partial charge on any atom is -0.322 e. The predicted molar refractivity (Wildman–Crippen MR) is 100 cm³/mol. The minimum absolute atomic E-state index is 0.000556. The lowest BCUT2D eigenvalue weighted by atomic mass is 10.1. The number of carbonyl (C=O) groups is 1. The van der Waals surface area contributed by atoms with Crippen molar-refractivity contribution < 1.29 is 9.18 Å². The summed E-state index contributed by atoms with van der Waals surface area (Å²) in [6, 6.07) is 14.7. The smallest absolute Gasteiger partial charge is 0.263 e. The number of aromatic nitrogens is 1. The van der Waals surface area contributed by atoms with Gasteiger partial charge in [0.25, 0.3) is 11.5 Å². The normalized spacial score (nSPS) is 10.6. The molecule has 1 aromatic heterocycles. The van der Waals surface area contributed by atoms with Crippen LogP contribution in [-0.2, 0) is 6.54 Å². The van der Waals surface area contributed by atoms with E-state index in [1.165, 1.54) is 22.8 Å². The fourth-order valence-electron chi connectivity index (χ4n) is 2.61. The second-order valence-corrected chi connectivity index (χ2v) is 6.33. The van der Waals surface area contributed by atoms with Crippen LogP contribution in [0, 0.1) is 12.7 Å². The van der Waals surface area contributed by atoms with Crippen LogP contribution in [0.4, 0.5) is 10.1 Å². The van der Waals surface area contributed by atoms with E-state index in [1.54, 1.807) is 12.3 Å². The van der Waals surface area contributed by atoms with Gasteiger partial charge in [-0.1, -0.05) is 41.4 Å². The van der Waals surface area contributed by atoms with E-state index in [1.807, 2.05) is 31.2 Å². The van der Waals surface area contributed by atoms with Gasteiger partial charge in [0.15, 0.2) is 0 Å². The number of anilines is 1. The maximum Gasteiger partial charge on any atom is 0.263 e. The number of benzene rings is 2. The van der Waals surface area contributed by atoms with Gasteiger partial charge in [0, 0.05) is 11.9 Å². The Bertz CT molecular complexity index is 1030. The fraction of sp³-hybridized carbons (Fsp3) is 0.100. The molecule has 0 aliphatic rings. The summed E-state index contributed by atoms with van der Waals surface area (Å²) in [6.07, 6.45) is 1.64. The van der Waals surface area contributed by atoms with Crippen molar-refractivity contribution in [3.63, 3.8) is 0 Å². The molecule has 0 fully saturated rings. The van der Waals surface area contributed by atoms with Gasteiger partial charge in [0.05, 0.1) is 11.6 Å². The Morgan fingerprint density at radius 1 is 1.15 bits per heavy atom. The molecular formula is C20H16ClFN2O2. The second-order valence-electron chi connectivity index (χ2n) is 5.93. The number of carbonyl (C=O) groups excluding carboxylic acids is 1. The van der Waals surface area contributed by atoms with Crippen molar-refractivity contribution >= 4 is 23.2 Å². The molecule has 1 heterocycles. The van der Waals surface area contributed by atoms with Gasteiger partial charge in [0.1, 0.15) is 11.4 Å². The third-order valence-corrected chi connectivity index (χ3v) is 4.17. The van der Waals surface area contributed by atoms with E-state index in [2.05, 4.69) is 5.32 Å². The third kappa shape index (κ3) is 4.00. The van der Waals surface area contributed by atoms with Gasteiger partial charge in [-0.15, -0.1) is 0 Å². The van der Waals surface area contributed by atoms with Gasteiger partial charge < -0.3 is 9.88 Å². The van der Waals surface area contributed by atoms with Crippen LogP contribution >= 0.6 is 11.6 Å². The number of pyridine rings is 1. The standard InChI is InChI=1S/C20H16ClFN2O2/c1-13-4-2-5-14(10-13)12-24-9-3-6-16(20(24)26)19(25)23-15-7-8-18(22)17(21)11-15/h2-11H,12H2,1H3,(H,23,25). The molecule has 0 unspecified atom stereocenters. The lowest BCUT2D eigenvalue weighted by Crippen LogP contribution is -2.29. The zero-order valence-electron chi connectivity index (χ0n) is 14.0. The average Bonchev–Trinajstić information content (AvgIpc) is 2.60. The molecule has 0 atom stereocenters. The molecule has 0 bridgehead atoms. The molecule has 4 nitrogen and oxygen atoms in total. The topological polar surface area (TPSA) is 51.1 Å². The van der Waals surface area contributed by atoms with Crippen molar-refractivity contribution in [3.05, 3.63) is 98.7 Å². The van der Waals surface area contributed by atoms with Gasteiger partial charge >= 0.3 is 0 Å². The van der Waals surface area contributed by atoms with E-state index in [4.69, 9.17) is 11.6 Å². The summed E-state index contributed by atoms with van der Waals surface area (Å²) in [5, 5.41) is 2.46. The monoisotopic (exact) mass is 370 g/mol. The summed E-state index contributed by atoms with van der Waals surface area (Å²) in [4.78, 5) is 25.1. The highest BCUT2D eigenvalue weighted by Crippen LogP contribution is 2.19. The molecule has 3 aromatic rings. The van der Waals surface area contributed by atoms with E-state index in [-0.39, 0.29) is 10.6 Å². The third-order valence-electron chi connectivity index (χ3n) is 3.88. The van der Waals surface area contributed by atoms with Crippen LogP contribution < -0.4 is 10.9 Å². The Kier molecular flexibility index (Phi) is 5.19. The molecule has 0 radical (unpaired) electrons. The molecule has 0 aliphatic heterocycles. The first-order valence-electron chi connectivity index (χ1n) is 7.95. The van der Waals surface area contributed by atoms with Crippen LogP contribution in [-0.4, -0.2) is 10.5 Å². The summed E-state index contributed by atoms with van der Waals surface area (Å²) in [6.45, 7) is 2.34. The lowest BCUT2D eigenvalue weighted by Gasteiger charge is -2.10. The number of amides is 1. The first-order valence-corrected chi connectivity index (χ1v) is 8.33. The summed E-state index contributed by atoms with van der Waals surface area (Å²) in [5.74, 6) is -1.15. The molecule has 26 heavy (non-hydrogen) atoms. The summed E-state index contributed by atoms with van der Waals surface area (Å²) >= 11 is 5.71. The minimum atomic E-state index is -0.579. The zero-order valence-corrected chi connectivity index (χ0v) is 14.8. The van der Waals surface area contributed by atoms with Gasteiger partial charge in [-0.2, -0.15) is 0 Å². The quantitative estimate of drug-likeness (QED) is 0.746. The highest BCUT2D eigenvalue weighted by Gasteiger charge is 2.13. The van der Waals surface area contributed by atoms with Crippen molar-refractivity contribution in [1.82, 2.24) is 4.57 Å². The number of aryl methyl sites for hydroxylation is 1. The maximum absolute atomic E-state index is 13.2. The summed E-state index contributed by atoms with van der Waals surface area (Å²) in [5.41, 5.74) is 1.97. The Balaban J connectivity index is 1.85. The van der Waals surface area contributed by atoms with Crippen molar-refractivity contribution in [1.29, 1.82) is 0 Å². The largest absolute Gasteiger partial charge is 0.322 e. The second kappa shape index (κ2) is 7.54. The molecular weight excluding hydrogens is 355 g/mol. The Hall–Kier alpha value is -2.92. The maximum atomic E-state index is 13.2. The molecule has 3 rings (SSSR count). The lowest BCUT2D eigenvalue weighted by molar-refractivity contribution is 0.102. The van der Waals surface area contributed by atoms with Crippen LogP contribution in [0.15, 0.2) is 65.6 Å². The highest BCUT2D eigenvalue weighted by atomic mass is 35.5. The molecule has 6 heteroatoms. The predicted octanol–water partition coefficient (Wildman–Crippen LogP) is 4.25. The Labute approximate surface area is 154 Å². The molecule has 0 saturated carbocycles. The van der Waals surface area contributed by atoms with E-state index in [0.717, 1.165) is 17.2 Å². The molecule has 1 amide bonds. The van der Waals surface area contributed by atoms with E-state index in [9.17, 15) is 14.0 Å². The highest BCUT2D eigenvalue weighted by molar-refractivity contribution is 6.31. The molecule has 1 N–H and O–H groups in total. The number of rotatable bonds is 4. The van der Waals surface area contributed by atoms with Crippen LogP contribution in [0.2, 0.25) is 5.02 Å². The SMILES string of the molecule is Cc1cccc(Cn2cccc(C(=O)Nc3ccc(F)c(Cl)c3)c2=O)c1. The number of nitrogens with zero attached hydrogens (tertiary/aromatic N) is 1. The van der Waals surface area contributed by atoms with Crippen molar-refractivity contribution in [3.8, 4) is 0 Å². The van der Waals surface area contributed by atoms with Crippen molar-refractivity contribution in [2.24, 2.45) is 0 Å². The fourth-order valence-corrected chi connectivity index (χ4v) is 2.79. The van der Waals surface area contributed by atoms with Gasteiger partial charge in [0.2, 0.25) is 0 Å². The molecule has 0 saturated heterocycles. The van der Waals surface area contributed by atoms with Crippen LogP contribution in [0.3, 0.4) is 0 Å². The zero-order chi connectivity index (χ0) is 18.7. The Morgan fingerprint density at radius 3 is 2.69 bits per heavy atom. The summed E-state index contributed by atoms with van der Waals surface area (Å²) < 4.78 is 14.7. The van der Waals surface area contributed by atoms with Gasteiger partial charge in [-0.3, -0.25) is 9.59 Å². The number of halogens is 2. The van der Waals surface area contributed by atoms with E-state index < -0.39 is 17.3 Å². The average molecular weight is 371 g/mol.